The third-order valence-electron chi connectivity index (χ3n) is 3.72. The van der Waals surface area contributed by atoms with Gasteiger partial charge in [-0.25, -0.2) is 13.4 Å². The van der Waals surface area contributed by atoms with Crippen LogP contribution in [0.4, 0.5) is 0 Å². The normalized spacial score (nSPS) is 20.0. The van der Waals surface area contributed by atoms with E-state index in [9.17, 15) is 13.2 Å². The fourth-order valence-corrected chi connectivity index (χ4v) is 4.18. The Labute approximate surface area is 130 Å². The number of nitrogens with zero attached hydrogens (tertiary/aromatic N) is 2. The molecule has 8 heteroatoms. The molecule has 0 radical (unpaired) electrons. The van der Waals surface area contributed by atoms with E-state index in [-0.39, 0.29) is 30.0 Å². The summed E-state index contributed by atoms with van der Waals surface area (Å²) in [4.78, 5) is 17.8. The molecule has 0 spiro atoms. The van der Waals surface area contributed by atoms with Gasteiger partial charge in [-0.2, -0.15) is 0 Å². The number of pyridine rings is 1. The molecule has 1 fully saturated rings. The fraction of sp³-hybridized carbons (Fsp3) is 0.571. The van der Waals surface area contributed by atoms with Crippen LogP contribution in [0.3, 0.4) is 0 Å². The van der Waals surface area contributed by atoms with Crippen molar-refractivity contribution in [1.82, 2.24) is 15.2 Å². The van der Waals surface area contributed by atoms with E-state index in [0.29, 0.717) is 18.8 Å². The van der Waals surface area contributed by atoms with Gasteiger partial charge in [-0.15, -0.1) is 0 Å². The fourth-order valence-electron chi connectivity index (χ4n) is 2.37. The molecule has 122 valence electrons. The molecule has 1 aromatic rings. The van der Waals surface area contributed by atoms with Gasteiger partial charge in [0, 0.05) is 24.8 Å². The van der Waals surface area contributed by atoms with Crippen molar-refractivity contribution in [2.75, 3.05) is 32.2 Å². The van der Waals surface area contributed by atoms with E-state index in [1.807, 2.05) is 6.07 Å². The van der Waals surface area contributed by atoms with Crippen molar-refractivity contribution in [2.24, 2.45) is 0 Å². The zero-order chi connectivity index (χ0) is 16.2. The first-order valence-electron chi connectivity index (χ1n) is 7.06. The van der Waals surface area contributed by atoms with Crippen molar-refractivity contribution < 1.29 is 17.9 Å². The number of hydrogen-bond donors (Lipinski definition) is 1. The number of likely N-dealkylation sites (N-methyl/N-ethyl adjacent to an activating group) is 1. The maximum absolute atomic E-state index is 11.9. The number of carbonyl (C=O) groups excluding carboxylic acids is 1. The molecule has 0 saturated carbocycles. The summed E-state index contributed by atoms with van der Waals surface area (Å²) in [5.41, 5.74) is 0.875. The molecule has 0 aromatic carbocycles. The standard InChI is InChI=1S/C14H21N3O4S/c1-17(12-5-6-22(19,20)10-12)9-13(18)15-7-11-3-4-14(21-2)16-8-11/h3-4,8,12H,5-7,9-10H2,1-2H3,(H,15,18)/t12-/m0/s1. The average molecular weight is 327 g/mol. The number of carbonyl (C=O) groups is 1. The van der Waals surface area contributed by atoms with E-state index < -0.39 is 9.84 Å². The molecule has 1 N–H and O–H groups in total. The monoisotopic (exact) mass is 327 g/mol. The summed E-state index contributed by atoms with van der Waals surface area (Å²) in [6.45, 7) is 0.566. The number of rotatable bonds is 6. The largest absolute Gasteiger partial charge is 0.481 e. The number of amides is 1. The van der Waals surface area contributed by atoms with Crippen LogP contribution in [0.5, 0.6) is 5.88 Å². The van der Waals surface area contributed by atoms with E-state index in [1.165, 1.54) is 0 Å². The lowest BCUT2D eigenvalue weighted by atomic mass is 10.2. The summed E-state index contributed by atoms with van der Waals surface area (Å²) < 4.78 is 27.9. The van der Waals surface area contributed by atoms with Gasteiger partial charge >= 0.3 is 0 Å². The topological polar surface area (TPSA) is 88.6 Å². The lowest BCUT2D eigenvalue weighted by molar-refractivity contribution is -0.122. The smallest absolute Gasteiger partial charge is 0.234 e. The highest BCUT2D eigenvalue weighted by atomic mass is 32.2. The van der Waals surface area contributed by atoms with Gasteiger partial charge in [-0.1, -0.05) is 6.07 Å². The molecule has 2 heterocycles. The van der Waals surface area contributed by atoms with Gasteiger partial charge in [0.2, 0.25) is 11.8 Å². The second kappa shape index (κ2) is 7.06. The Hall–Kier alpha value is -1.67. The molecule has 1 atom stereocenters. The van der Waals surface area contributed by atoms with Crippen LogP contribution in [-0.4, -0.2) is 62.5 Å². The third-order valence-corrected chi connectivity index (χ3v) is 5.47. The minimum atomic E-state index is -2.93. The van der Waals surface area contributed by atoms with Crippen molar-refractivity contribution in [1.29, 1.82) is 0 Å². The summed E-state index contributed by atoms with van der Waals surface area (Å²) in [6.07, 6.45) is 2.24. The molecule has 1 aromatic heterocycles. The second-order valence-electron chi connectivity index (χ2n) is 5.46. The van der Waals surface area contributed by atoms with Crippen LogP contribution in [0.25, 0.3) is 0 Å². The summed E-state index contributed by atoms with van der Waals surface area (Å²) in [5.74, 6) is 0.736. The Morgan fingerprint density at radius 2 is 2.27 bits per heavy atom. The van der Waals surface area contributed by atoms with Gasteiger partial charge < -0.3 is 10.1 Å². The van der Waals surface area contributed by atoms with Crippen LogP contribution in [0.2, 0.25) is 0 Å². The average Bonchev–Trinajstić information content (AvgIpc) is 2.86. The number of sulfone groups is 1. The first kappa shape index (κ1) is 16.7. The van der Waals surface area contributed by atoms with Crippen molar-refractivity contribution in [3.05, 3.63) is 23.9 Å². The van der Waals surface area contributed by atoms with Gasteiger partial charge in [0.1, 0.15) is 0 Å². The van der Waals surface area contributed by atoms with E-state index in [0.717, 1.165) is 5.56 Å². The Balaban J connectivity index is 1.77. The lowest BCUT2D eigenvalue weighted by Gasteiger charge is -2.22. The SMILES string of the molecule is COc1ccc(CNC(=O)CN(C)[C@H]2CCS(=O)(=O)C2)cn1. The maximum Gasteiger partial charge on any atom is 0.234 e. The Bertz CT molecular complexity index is 615. The maximum atomic E-state index is 11.9. The van der Waals surface area contributed by atoms with Gasteiger partial charge in [0.05, 0.1) is 25.2 Å². The first-order valence-corrected chi connectivity index (χ1v) is 8.88. The van der Waals surface area contributed by atoms with Gasteiger partial charge in [0.25, 0.3) is 0 Å². The predicted molar refractivity (Wildman–Crippen MR) is 82.3 cm³/mol. The van der Waals surface area contributed by atoms with E-state index in [1.54, 1.807) is 31.3 Å². The van der Waals surface area contributed by atoms with E-state index >= 15 is 0 Å². The van der Waals surface area contributed by atoms with E-state index in [2.05, 4.69) is 10.3 Å². The number of methoxy groups -OCH3 is 1. The Morgan fingerprint density at radius 3 is 2.82 bits per heavy atom. The van der Waals surface area contributed by atoms with Crippen LogP contribution in [0, 0.1) is 0 Å². The summed E-state index contributed by atoms with van der Waals surface area (Å²) in [6, 6.07) is 3.49. The number of hydrogen-bond acceptors (Lipinski definition) is 6. The highest BCUT2D eigenvalue weighted by Crippen LogP contribution is 2.16. The van der Waals surface area contributed by atoms with Crippen molar-refractivity contribution in [3.63, 3.8) is 0 Å². The Kier molecular flexibility index (Phi) is 5.36. The van der Waals surface area contributed by atoms with Crippen LogP contribution in [0.15, 0.2) is 18.3 Å². The summed E-state index contributed by atoms with van der Waals surface area (Å²) in [7, 11) is 0.391. The van der Waals surface area contributed by atoms with Crippen molar-refractivity contribution in [3.8, 4) is 5.88 Å². The van der Waals surface area contributed by atoms with Crippen LogP contribution < -0.4 is 10.1 Å². The minimum absolute atomic E-state index is 0.0709. The minimum Gasteiger partial charge on any atom is -0.481 e. The molecule has 0 unspecified atom stereocenters. The molecular weight excluding hydrogens is 306 g/mol. The van der Waals surface area contributed by atoms with E-state index in [4.69, 9.17) is 4.74 Å². The van der Waals surface area contributed by atoms with Crippen molar-refractivity contribution >= 4 is 15.7 Å². The number of nitrogens with one attached hydrogen (secondary N) is 1. The summed E-state index contributed by atoms with van der Waals surface area (Å²) in [5, 5.41) is 2.80. The van der Waals surface area contributed by atoms with Crippen LogP contribution in [0.1, 0.15) is 12.0 Å². The van der Waals surface area contributed by atoms with Crippen LogP contribution in [-0.2, 0) is 21.2 Å². The van der Waals surface area contributed by atoms with Crippen LogP contribution >= 0.6 is 0 Å². The Morgan fingerprint density at radius 1 is 1.50 bits per heavy atom. The van der Waals surface area contributed by atoms with Gasteiger partial charge in [0.15, 0.2) is 9.84 Å². The predicted octanol–water partition coefficient (Wildman–Crippen LogP) is -0.175. The zero-order valence-corrected chi connectivity index (χ0v) is 13.6. The summed E-state index contributed by atoms with van der Waals surface area (Å²) >= 11 is 0. The van der Waals surface area contributed by atoms with Crippen molar-refractivity contribution in [2.45, 2.75) is 19.0 Å². The number of aromatic nitrogens is 1. The lowest BCUT2D eigenvalue weighted by Crippen LogP contribution is -2.41. The molecule has 1 saturated heterocycles. The first-order chi connectivity index (χ1) is 10.4. The van der Waals surface area contributed by atoms with Gasteiger partial charge in [-0.05, 0) is 19.0 Å². The number of ether oxygens (including phenoxy) is 1. The molecule has 0 bridgehead atoms. The molecule has 2 rings (SSSR count). The highest BCUT2D eigenvalue weighted by Gasteiger charge is 2.31. The molecule has 22 heavy (non-hydrogen) atoms. The molecule has 1 amide bonds. The molecule has 1 aliphatic rings. The highest BCUT2D eigenvalue weighted by molar-refractivity contribution is 7.91. The molecular formula is C14H21N3O4S. The third kappa shape index (κ3) is 4.67. The molecule has 1 aliphatic heterocycles. The molecule has 7 nitrogen and oxygen atoms in total. The second-order valence-corrected chi connectivity index (χ2v) is 7.69. The zero-order valence-electron chi connectivity index (χ0n) is 12.8. The van der Waals surface area contributed by atoms with Gasteiger partial charge in [-0.3, -0.25) is 9.69 Å². The quantitative estimate of drug-likeness (QED) is 0.780. The molecule has 0 aliphatic carbocycles.